The maximum atomic E-state index is 14.7. The Morgan fingerprint density at radius 3 is 1.51 bits per heavy atom. The van der Waals surface area contributed by atoms with Gasteiger partial charge in [-0.2, -0.15) is 0 Å². The molecule has 0 unspecified atom stereocenters. The zero-order valence-electron chi connectivity index (χ0n) is 47.8. The molecule has 12 aromatic rings. The minimum atomic E-state index is -3.75. The van der Waals surface area contributed by atoms with Crippen molar-refractivity contribution in [2.45, 2.75) is 25.9 Å². The highest BCUT2D eigenvalue weighted by Gasteiger charge is 2.31. The number of anilines is 2. The standard InChI is InChI=1S/C33H26F2N4O4S.C32H25F2N5O4S/c1-36-33(40)31-24-14-21(28(38(2)44(3,41)42)16-30(24)43-32(31)18-7-9-20(34)10-8-18)19-13-23-26(37-17-19)11-12-39-27-6-4-5-25(35)22(27)15-29(23)39;1-35-32(40)29-21-13-20(26(38(2)44(3,41)42)15-28(21)43-31(29)17-7-9-18(33)10-8-17)24-16-36-23-11-12-39-25-6-4-5-22(34)19(25)14-27(39)30(23)37-24/h4-10,13-17H,11-12H2,1-3H3,(H,36,40);4-10,13-16H,11-12H2,1-3H3,(H,35,40). The van der Waals surface area contributed by atoms with Gasteiger partial charge in [-0.3, -0.25) is 28.2 Å². The Bertz CT molecular complexity index is 4840. The van der Waals surface area contributed by atoms with E-state index >= 15 is 0 Å². The number of carbonyl (C=O) groups excluding carboxylic acids is 2. The molecule has 8 heterocycles. The fraction of sp³-hybridized carbons (Fsp3) is 0.154. The smallest absolute Gasteiger partial charge is 0.255 e. The van der Waals surface area contributed by atoms with Gasteiger partial charge in [0.1, 0.15) is 51.6 Å². The van der Waals surface area contributed by atoms with Gasteiger partial charge < -0.3 is 28.6 Å². The highest BCUT2D eigenvalue weighted by molar-refractivity contribution is 7.92. The van der Waals surface area contributed by atoms with E-state index in [1.54, 1.807) is 54.9 Å². The predicted octanol–water partition coefficient (Wildman–Crippen LogP) is 12.1. The second kappa shape index (κ2) is 21.4. The van der Waals surface area contributed by atoms with Crippen molar-refractivity contribution < 1.29 is 52.8 Å². The Morgan fingerprint density at radius 2 is 1.00 bits per heavy atom. The maximum absolute atomic E-state index is 14.7. The number of halogens is 4. The van der Waals surface area contributed by atoms with Crippen molar-refractivity contribution in [1.82, 2.24) is 34.7 Å². The molecule has 0 saturated carbocycles. The third-order valence-electron chi connectivity index (χ3n) is 16.3. The highest BCUT2D eigenvalue weighted by atomic mass is 32.2. The van der Waals surface area contributed by atoms with Gasteiger partial charge in [0, 0.05) is 127 Å². The average Bonchev–Trinajstić information content (AvgIpc) is 2.50. The third-order valence-corrected chi connectivity index (χ3v) is 18.6. The van der Waals surface area contributed by atoms with Crippen LogP contribution in [0, 0.1) is 23.3 Å². The summed E-state index contributed by atoms with van der Waals surface area (Å²) in [4.78, 5) is 40.8. The van der Waals surface area contributed by atoms with E-state index in [2.05, 4.69) is 20.2 Å². The quantitative estimate of drug-likeness (QED) is 0.123. The predicted molar refractivity (Wildman–Crippen MR) is 330 cm³/mol. The van der Waals surface area contributed by atoms with Crippen LogP contribution in [0.4, 0.5) is 28.9 Å². The van der Waals surface area contributed by atoms with Gasteiger partial charge in [-0.25, -0.2) is 39.4 Å². The number of hydrogen-bond acceptors (Lipinski definition) is 11. The van der Waals surface area contributed by atoms with Crippen molar-refractivity contribution in [2.24, 2.45) is 0 Å². The van der Waals surface area contributed by atoms with Crippen LogP contribution in [0.2, 0.25) is 0 Å². The summed E-state index contributed by atoms with van der Waals surface area (Å²) in [5, 5.41) is 7.11. The first-order valence-corrected chi connectivity index (χ1v) is 31.3. The summed E-state index contributed by atoms with van der Waals surface area (Å²) in [6.45, 7) is 1.25. The number of aromatic nitrogens is 5. The van der Waals surface area contributed by atoms with Gasteiger partial charge in [0.25, 0.3) is 11.8 Å². The molecule has 17 nitrogen and oxygen atoms in total. The Kier molecular flexibility index (Phi) is 13.8. The fourth-order valence-corrected chi connectivity index (χ4v) is 12.7. The number of benzene rings is 6. The number of fused-ring (bicyclic) bond motifs is 12. The largest absolute Gasteiger partial charge is 0.455 e. The number of amides is 2. The maximum Gasteiger partial charge on any atom is 0.255 e. The summed E-state index contributed by atoms with van der Waals surface area (Å²) in [7, 11) is -1.63. The molecule has 2 aliphatic heterocycles. The molecule has 2 amide bonds. The monoisotopic (exact) mass is 1230 g/mol. The van der Waals surface area contributed by atoms with Crippen LogP contribution in [-0.2, 0) is 46.0 Å². The van der Waals surface area contributed by atoms with E-state index in [-0.39, 0.29) is 51.1 Å². The van der Waals surface area contributed by atoms with Gasteiger partial charge in [0.2, 0.25) is 20.0 Å². The summed E-state index contributed by atoms with van der Waals surface area (Å²) in [5.41, 5.74) is 10.3. The molecule has 0 radical (unpaired) electrons. The number of nitrogens with one attached hydrogen (secondary N) is 2. The van der Waals surface area contributed by atoms with Crippen molar-refractivity contribution in [3.05, 3.63) is 186 Å². The van der Waals surface area contributed by atoms with Crippen LogP contribution in [0.25, 0.3) is 111 Å². The molecular weight excluding hydrogens is 1170 g/mol. The number of aryl methyl sites for hydroxylation is 4. The second-order valence-electron chi connectivity index (χ2n) is 21.5. The van der Waals surface area contributed by atoms with E-state index in [0.717, 1.165) is 54.8 Å². The van der Waals surface area contributed by atoms with E-state index in [4.69, 9.17) is 18.8 Å². The van der Waals surface area contributed by atoms with E-state index < -0.39 is 43.5 Å². The van der Waals surface area contributed by atoms with Crippen molar-refractivity contribution >= 4 is 87.0 Å². The lowest BCUT2D eigenvalue weighted by Crippen LogP contribution is -2.25. The third kappa shape index (κ3) is 9.66. The molecule has 0 fully saturated rings. The Labute approximate surface area is 500 Å². The van der Waals surface area contributed by atoms with Crippen LogP contribution in [0.15, 0.2) is 149 Å². The molecular formula is C65H51F4N9O8S2. The number of nitrogens with zero attached hydrogens (tertiary/aromatic N) is 7. The first-order chi connectivity index (χ1) is 42.1. The lowest BCUT2D eigenvalue weighted by molar-refractivity contribution is 0.0956. The van der Waals surface area contributed by atoms with Crippen molar-refractivity contribution in [3.8, 4) is 67.7 Å². The Balaban J connectivity index is 0.000000162. The van der Waals surface area contributed by atoms with Crippen LogP contribution in [0.1, 0.15) is 32.1 Å². The Hall–Kier alpha value is -10.1. The van der Waals surface area contributed by atoms with Crippen LogP contribution in [-0.4, -0.2) is 93.4 Å². The SMILES string of the molecule is CNC(=O)c1c(-c2ccc(F)cc2)oc2cc(N(C)S(C)(=O)=O)c(-c3cnc4c(c3)-c3cc5c(F)cccc5n3CC4)cc12.CNC(=O)c1c(-c2ccc(F)cc2)oc2cc(N(C)S(C)(=O)=O)c(-c3cnc4c(n3)-c3cc5c(F)cccc5n3CC4)cc12. The number of hydrogen-bond donors (Lipinski definition) is 2. The van der Waals surface area contributed by atoms with Gasteiger partial charge in [0.05, 0.1) is 80.7 Å². The summed E-state index contributed by atoms with van der Waals surface area (Å²) < 4.78 is 127. The summed E-state index contributed by atoms with van der Waals surface area (Å²) in [5.74, 6) is -1.97. The molecule has 0 bridgehead atoms. The zero-order valence-corrected chi connectivity index (χ0v) is 49.5. The lowest BCUT2D eigenvalue weighted by Gasteiger charge is -2.23. The number of pyridine rings is 1. The van der Waals surface area contributed by atoms with Crippen molar-refractivity contribution in [3.63, 3.8) is 0 Å². The number of carbonyl (C=O) groups is 2. The number of rotatable bonds is 10. The molecule has 0 saturated heterocycles. The summed E-state index contributed by atoms with van der Waals surface area (Å²) in [6.07, 6.45) is 6.64. The van der Waals surface area contributed by atoms with Gasteiger partial charge in [0.15, 0.2) is 0 Å². The van der Waals surface area contributed by atoms with E-state index in [9.17, 15) is 44.0 Å². The molecule has 444 valence electrons. The molecule has 88 heavy (non-hydrogen) atoms. The molecule has 6 aromatic heterocycles. The molecule has 2 aliphatic rings. The van der Waals surface area contributed by atoms with Crippen LogP contribution < -0.4 is 19.2 Å². The first kappa shape index (κ1) is 57.0. The molecule has 0 aliphatic carbocycles. The van der Waals surface area contributed by atoms with Crippen molar-refractivity contribution in [2.75, 3.05) is 49.3 Å². The van der Waals surface area contributed by atoms with Gasteiger partial charge >= 0.3 is 0 Å². The molecule has 14 rings (SSSR count). The van der Waals surface area contributed by atoms with Crippen LogP contribution >= 0.6 is 0 Å². The number of furan rings is 2. The molecule has 2 N–H and O–H groups in total. The number of sulfonamides is 2. The Morgan fingerprint density at radius 1 is 0.534 bits per heavy atom. The van der Waals surface area contributed by atoms with Crippen LogP contribution in [0.5, 0.6) is 0 Å². The molecule has 0 spiro atoms. The van der Waals surface area contributed by atoms with E-state index in [1.807, 2.05) is 28.8 Å². The lowest BCUT2D eigenvalue weighted by atomic mass is 9.96. The van der Waals surface area contributed by atoms with Gasteiger partial charge in [-0.05, 0) is 103 Å². The second-order valence-corrected chi connectivity index (χ2v) is 25.5. The molecule has 0 atom stereocenters. The topological polar surface area (TPSA) is 208 Å². The van der Waals surface area contributed by atoms with Crippen molar-refractivity contribution in [1.29, 1.82) is 0 Å². The molecule has 6 aromatic carbocycles. The normalized spacial score (nSPS) is 12.8. The van der Waals surface area contributed by atoms with Crippen LogP contribution in [0.3, 0.4) is 0 Å². The van der Waals surface area contributed by atoms with E-state index in [1.165, 1.54) is 88.9 Å². The van der Waals surface area contributed by atoms with Gasteiger partial charge in [-0.15, -0.1) is 0 Å². The van der Waals surface area contributed by atoms with E-state index in [0.29, 0.717) is 98.1 Å². The minimum absolute atomic E-state index is 0.199. The molecule has 23 heteroatoms. The minimum Gasteiger partial charge on any atom is -0.455 e. The van der Waals surface area contributed by atoms with Gasteiger partial charge in [-0.1, -0.05) is 12.1 Å². The average molecular weight is 1230 g/mol. The summed E-state index contributed by atoms with van der Waals surface area (Å²) in [6, 6.07) is 33.0. The first-order valence-electron chi connectivity index (χ1n) is 27.6. The zero-order chi connectivity index (χ0) is 61.8. The highest BCUT2D eigenvalue weighted by Crippen LogP contribution is 2.46. The fourth-order valence-electron chi connectivity index (χ4n) is 11.7. The summed E-state index contributed by atoms with van der Waals surface area (Å²) >= 11 is 0.